The average molecular weight is 267 g/mol. The second-order valence-corrected chi connectivity index (χ2v) is 4.84. The van der Waals surface area contributed by atoms with Crippen LogP contribution >= 0.6 is 0 Å². The van der Waals surface area contributed by atoms with Crippen LogP contribution in [0.25, 0.3) is 0 Å². The molecule has 0 bridgehead atoms. The van der Waals surface area contributed by atoms with Crippen molar-refractivity contribution in [2.45, 2.75) is 32.2 Å². The Hall–Kier alpha value is -1.63. The van der Waals surface area contributed by atoms with Crippen LogP contribution in [0.5, 0.6) is 6.01 Å². The van der Waals surface area contributed by atoms with Crippen molar-refractivity contribution in [2.24, 2.45) is 0 Å². The van der Waals surface area contributed by atoms with Crippen LogP contribution in [0.2, 0.25) is 0 Å². The van der Waals surface area contributed by atoms with E-state index < -0.39 is 0 Å². The molecule has 1 unspecified atom stereocenters. The summed E-state index contributed by atoms with van der Waals surface area (Å²) in [7, 11) is 1.54. The van der Waals surface area contributed by atoms with Gasteiger partial charge in [0.05, 0.1) is 19.3 Å². The van der Waals surface area contributed by atoms with Crippen molar-refractivity contribution in [3.05, 3.63) is 0 Å². The topological polar surface area (TPSA) is 81.2 Å². The lowest BCUT2D eigenvalue weighted by Gasteiger charge is -2.34. The fourth-order valence-corrected chi connectivity index (χ4v) is 2.04. The van der Waals surface area contributed by atoms with Crippen LogP contribution < -0.4 is 15.4 Å². The largest absolute Gasteiger partial charge is 0.467 e. The van der Waals surface area contributed by atoms with E-state index in [1.165, 1.54) is 0 Å². The second kappa shape index (κ2) is 6.01. The Morgan fingerprint density at radius 3 is 2.74 bits per heavy atom. The molecule has 7 nitrogen and oxygen atoms in total. The first-order chi connectivity index (χ1) is 9.15. The number of rotatable bonds is 5. The van der Waals surface area contributed by atoms with Crippen LogP contribution in [-0.4, -0.2) is 47.4 Å². The highest BCUT2D eigenvalue weighted by molar-refractivity contribution is 5.38. The lowest BCUT2D eigenvalue weighted by atomic mass is 9.95. The van der Waals surface area contributed by atoms with Crippen molar-refractivity contribution in [3.8, 4) is 6.01 Å². The van der Waals surface area contributed by atoms with Crippen molar-refractivity contribution < 1.29 is 9.47 Å². The summed E-state index contributed by atoms with van der Waals surface area (Å²) in [6.45, 7) is 6.31. The summed E-state index contributed by atoms with van der Waals surface area (Å²) in [6.07, 6.45) is 2.06. The highest BCUT2D eigenvalue weighted by Gasteiger charge is 2.28. The number of hydrogen-bond donors (Lipinski definition) is 2. The van der Waals surface area contributed by atoms with Crippen LogP contribution in [-0.2, 0) is 4.74 Å². The molecule has 19 heavy (non-hydrogen) atoms. The van der Waals surface area contributed by atoms with E-state index >= 15 is 0 Å². The minimum Gasteiger partial charge on any atom is -0.467 e. The third-order valence-corrected chi connectivity index (χ3v) is 2.98. The molecule has 1 atom stereocenters. The highest BCUT2D eigenvalue weighted by Crippen LogP contribution is 2.23. The van der Waals surface area contributed by atoms with Gasteiger partial charge in [0.1, 0.15) is 0 Å². The Balaban J connectivity index is 2.16. The lowest BCUT2D eigenvalue weighted by molar-refractivity contribution is 0.0537. The van der Waals surface area contributed by atoms with Gasteiger partial charge in [-0.15, -0.1) is 0 Å². The maximum atomic E-state index is 5.51. The molecule has 0 spiro atoms. The van der Waals surface area contributed by atoms with E-state index in [9.17, 15) is 0 Å². The number of aromatic nitrogens is 3. The molecule has 1 aliphatic heterocycles. The number of anilines is 2. The fraction of sp³-hybridized carbons (Fsp3) is 0.750. The van der Waals surface area contributed by atoms with Gasteiger partial charge in [0.15, 0.2) is 0 Å². The maximum absolute atomic E-state index is 5.51. The molecule has 2 rings (SSSR count). The van der Waals surface area contributed by atoms with E-state index in [1.807, 2.05) is 6.92 Å². The van der Waals surface area contributed by atoms with Crippen molar-refractivity contribution in [1.29, 1.82) is 0 Å². The van der Waals surface area contributed by atoms with Crippen molar-refractivity contribution >= 4 is 11.9 Å². The predicted octanol–water partition coefficient (Wildman–Crippen LogP) is 1.29. The molecule has 0 aromatic carbocycles. The van der Waals surface area contributed by atoms with Gasteiger partial charge in [-0.25, -0.2) is 0 Å². The summed E-state index contributed by atoms with van der Waals surface area (Å²) in [5, 5.41) is 6.38. The van der Waals surface area contributed by atoms with Crippen LogP contribution in [0.4, 0.5) is 11.9 Å². The van der Waals surface area contributed by atoms with E-state index in [-0.39, 0.29) is 5.54 Å². The van der Waals surface area contributed by atoms with E-state index in [4.69, 9.17) is 9.47 Å². The summed E-state index contributed by atoms with van der Waals surface area (Å²) in [5.41, 5.74) is -0.145. The van der Waals surface area contributed by atoms with Crippen LogP contribution in [0, 0.1) is 0 Å². The third-order valence-electron chi connectivity index (χ3n) is 2.98. The first-order valence-electron chi connectivity index (χ1n) is 6.55. The van der Waals surface area contributed by atoms with Gasteiger partial charge in [-0.05, 0) is 26.7 Å². The highest BCUT2D eigenvalue weighted by atomic mass is 16.5. The fourth-order valence-electron chi connectivity index (χ4n) is 2.04. The van der Waals surface area contributed by atoms with Crippen molar-refractivity contribution in [2.75, 3.05) is 37.5 Å². The molecular weight excluding hydrogens is 246 g/mol. The monoisotopic (exact) mass is 267 g/mol. The summed E-state index contributed by atoms with van der Waals surface area (Å²) >= 11 is 0. The van der Waals surface area contributed by atoms with Gasteiger partial charge in [0.2, 0.25) is 11.9 Å². The average Bonchev–Trinajstić information content (AvgIpc) is 2.39. The van der Waals surface area contributed by atoms with Crippen LogP contribution in [0.15, 0.2) is 0 Å². The lowest BCUT2D eigenvalue weighted by Crippen LogP contribution is -2.43. The Morgan fingerprint density at radius 1 is 1.32 bits per heavy atom. The second-order valence-electron chi connectivity index (χ2n) is 4.84. The van der Waals surface area contributed by atoms with E-state index in [0.29, 0.717) is 24.5 Å². The zero-order valence-electron chi connectivity index (χ0n) is 11.7. The summed E-state index contributed by atoms with van der Waals surface area (Å²) in [5.74, 6) is 1.02. The maximum Gasteiger partial charge on any atom is 0.322 e. The molecule has 7 heteroatoms. The first kappa shape index (κ1) is 13.8. The predicted molar refractivity (Wildman–Crippen MR) is 72.6 cm³/mol. The molecule has 0 radical (unpaired) electrons. The molecule has 1 aliphatic rings. The summed E-state index contributed by atoms with van der Waals surface area (Å²) in [6, 6.07) is 0.300. The van der Waals surface area contributed by atoms with Gasteiger partial charge < -0.3 is 20.1 Å². The van der Waals surface area contributed by atoms with Gasteiger partial charge >= 0.3 is 6.01 Å². The van der Waals surface area contributed by atoms with E-state index in [0.717, 1.165) is 26.0 Å². The van der Waals surface area contributed by atoms with Gasteiger partial charge in [-0.3, -0.25) is 0 Å². The Morgan fingerprint density at radius 2 is 2.11 bits per heavy atom. The zero-order valence-corrected chi connectivity index (χ0v) is 11.7. The summed E-state index contributed by atoms with van der Waals surface area (Å²) < 4.78 is 10.6. The minimum atomic E-state index is -0.145. The molecule has 0 saturated carbocycles. The SMILES string of the molecule is CCNc1nc(NC2(C)CCCOC2)nc(OC)n1. The van der Waals surface area contributed by atoms with Crippen LogP contribution in [0.3, 0.4) is 0 Å². The number of methoxy groups -OCH3 is 1. The molecule has 106 valence electrons. The summed E-state index contributed by atoms with van der Waals surface area (Å²) in [4.78, 5) is 12.7. The number of nitrogens with zero attached hydrogens (tertiary/aromatic N) is 3. The molecule has 1 saturated heterocycles. The third kappa shape index (κ3) is 3.66. The zero-order chi connectivity index (χ0) is 13.7. The molecule has 1 aromatic rings. The standard InChI is InChI=1S/C12H21N5O2/c1-4-13-9-14-10(16-11(15-9)18-3)17-12(2)6-5-7-19-8-12/h4-8H2,1-3H3,(H2,13,14,15,16,17). The molecule has 2 heterocycles. The Bertz CT molecular complexity index is 421. The van der Waals surface area contributed by atoms with Crippen molar-refractivity contribution in [1.82, 2.24) is 15.0 Å². The van der Waals surface area contributed by atoms with Gasteiger partial charge in [0, 0.05) is 13.2 Å². The molecule has 2 N–H and O–H groups in total. The van der Waals surface area contributed by atoms with Crippen molar-refractivity contribution in [3.63, 3.8) is 0 Å². The van der Waals surface area contributed by atoms with E-state index in [1.54, 1.807) is 7.11 Å². The van der Waals surface area contributed by atoms with Crippen LogP contribution in [0.1, 0.15) is 26.7 Å². The normalized spacial score (nSPS) is 22.9. The molecular formula is C12H21N5O2. The van der Waals surface area contributed by atoms with Gasteiger partial charge in [-0.2, -0.15) is 15.0 Å². The number of hydrogen-bond acceptors (Lipinski definition) is 7. The quantitative estimate of drug-likeness (QED) is 0.832. The molecule has 0 amide bonds. The Kier molecular flexibility index (Phi) is 4.36. The van der Waals surface area contributed by atoms with E-state index in [2.05, 4.69) is 32.5 Å². The Labute approximate surface area is 113 Å². The smallest absolute Gasteiger partial charge is 0.322 e. The number of ether oxygens (including phenoxy) is 2. The number of nitrogens with one attached hydrogen (secondary N) is 2. The van der Waals surface area contributed by atoms with Gasteiger partial charge in [-0.1, -0.05) is 0 Å². The minimum absolute atomic E-state index is 0.145. The van der Waals surface area contributed by atoms with Gasteiger partial charge in [0.25, 0.3) is 0 Å². The molecule has 0 aliphatic carbocycles. The molecule has 1 fully saturated rings. The molecule has 1 aromatic heterocycles. The first-order valence-corrected chi connectivity index (χ1v) is 6.55.